The summed E-state index contributed by atoms with van der Waals surface area (Å²) in [6, 6.07) is 12.2. The van der Waals surface area contributed by atoms with E-state index in [4.69, 9.17) is 23.8 Å². The van der Waals surface area contributed by atoms with Gasteiger partial charge in [-0.25, -0.2) is 4.39 Å². The number of rotatable bonds is 3. The van der Waals surface area contributed by atoms with Crippen LogP contribution in [0.2, 0.25) is 0 Å². The fraction of sp³-hybridized carbons (Fsp3) is 0. The molecule has 7 heteroatoms. The summed E-state index contributed by atoms with van der Waals surface area (Å²) in [6.07, 6.45) is 1.65. The standard InChI is InChI=1S/C17H9ClFNO2S2/c18-15(21)11-2-1-3-13(9-11)20-16(22)14(24-17(20)23)8-10-4-6-12(19)7-5-10/h1-9H/b14-8-. The summed E-state index contributed by atoms with van der Waals surface area (Å²) in [5.41, 5.74) is 1.46. The Hall–Kier alpha value is -2.02. The summed E-state index contributed by atoms with van der Waals surface area (Å²) in [5, 5.41) is -0.607. The molecule has 1 saturated heterocycles. The fourth-order valence-corrected chi connectivity index (χ4v) is 3.58. The molecular formula is C17H9ClFNO2S2. The molecule has 0 aliphatic carbocycles. The van der Waals surface area contributed by atoms with Crippen molar-refractivity contribution in [1.29, 1.82) is 0 Å². The smallest absolute Gasteiger partial charge is 0.270 e. The van der Waals surface area contributed by atoms with Crippen LogP contribution in [0.4, 0.5) is 10.1 Å². The van der Waals surface area contributed by atoms with E-state index >= 15 is 0 Å². The van der Waals surface area contributed by atoms with Gasteiger partial charge in [0.15, 0.2) is 4.32 Å². The first-order valence-electron chi connectivity index (χ1n) is 6.79. The van der Waals surface area contributed by atoms with Crippen LogP contribution in [-0.4, -0.2) is 15.5 Å². The third-order valence-electron chi connectivity index (χ3n) is 3.29. The second-order valence-corrected chi connectivity index (χ2v) is 6.91. The number of anilines is 1. The van der Waals surface area contributed by atoms with Gasteiger partial charge in [-0.1, -0.05) is 42.2 Å². The quantitative estimate of drug-likeness (QED) is 0.444. The molecule has 0 saturated carbocycles. The van der Waals surface area contributed by atoms with Gasteiger partial charge < -0.3 is 0 Å². The van der Waals surface area contributed by atoms with Gasteiger partial charge in [-0.05, 0) is 53.6 Å². The molecule has 0 radical (unpaired) electrons. The van der Waals surface area contributed by atoms with E-state index in [-0.39, 0.29) is 17.3 Å². The molecule has 1 aliphatic heterocycles. The van der Waals surface area contributed by atoms with Gasteiger partial charge >= 0.3 is 0 Å². The molecular weight excluding hydrogens is 369 g/mol. The van der Waals surface area contributed by atoms with Crippen molar-refractivity contribution in [1.82, 2.24) is 0 Å². The van der Waals surface area contributed by atoms with Crippen molar-refractivity contribution >= 4 is 62.8 Å². The van der Waals surface area contributed by atoms with Crippen molar-refractivity contribution in [3.63, 3.8) is 0 Å². The molecule has 1 amide bonds. The summed E-state index contributed by atoms with van der Waals surface area (Å²) in [6.45, 7) is 0. The van der Waals surface area contributed by atoms with Crippen molar-refractivity contribution in [3.05, 3.63) is 70.4 Å². The van der Waals surface area contributed by atoms with Crippen molar-refractivity contribution in [2.24, 2.45) is 0 Å². The minimum Gasteiger partial charge on any atom is -0.276 e. The van der Waals surface area contributed by atoms with E-state index in [9.17, 15) is 14.0 Å². The topological polar surface area (TPSA) is 37.4 Å². The Kier molecular flexibility index (Phi) is 4.80. The molecule has 24 heavy (non-hydrogen) atoms. The Morgan fingerprint density at radius 2 is 1.92 bits per heavy atom. The maximum atomic E-state index is 13.0. The molecule has 1 heterocycles. The Bertz CT molecular complexity index is 880. The Morgan fingerprint density at radius 1 is 1.21 bits per heavy atom. The number of nitrogens with zero attached hydrogens (tertiary/aromatic N) is 1. The summed E-state index contributed by atoms with van der Waals surface area (Å²) >= 11 is 11.9. The SMILES string of the molecule is O=C(Cl)c1cccc(N2C(=O)/C(=C/c3ccc(F)cc3)SC2=S)c1. The average molecular weight is 378 g/mol. The highest BCUT2D eigenvalue weighted by molar-refractivity contribution is 8.27. The number of carbonyl (C=O) groups excluding carboxylic acids is 2. The summed E-state index contributed by atoms with van der Waals surface area (Å²) in [7, 11) is 0. The average Bonchev–Trinajstić information content (AvgIpc) is 2.83. The highest BCUT2D eigenvalue weighted by Crippen LogP contribution is 2.36. The van der Waals surface area contributed by atoms with Gasteiger partial charge in [-0.2, -0.15) is 0 Å². The highest BCUT2D eigenvalue weighted by atomic mass is 35.5. The van der Waals surface area contributed by atoms with Crippen LogP contribution in [0, 0.1) is 5.82 Å². The number of hydrogen-bond donors (Lipinski definition) is 0. The second-order valence-electron chi connectivity index (χ2n) is 4.89. The molecule has 120 valence electrons. The Labute approximate surface area is 152 Å². The van der Waals surface area contributed by atoms with Crippen LogP contribution in [-0.2, 0) is 4.79 Å². The van der Waals surface area contributed by atoms with Gasteiger partial charge in [0, 0.05) is 5.56 Å². The third kappa shape index (κ3) is 3.40. The van der Waals surface area contributed by atoms with Gasteiger partial charge in [-0.15, -0.1) is 0 Å². The number of amides is 1. The van der Waals surface area contributed by atoms with Crippen molar-refractivity contribution in [3.8, 4) is 0 Å². The molecule has 3 rings (SSSR count). The van der Waals surface area contributed by atoms with E-state index in [1.807, 2.05) is 0 Å². The maximum Gasteiger partial charge on any atom is 0.270 e. The third-order valence-corrected chi connectivity index (χ3v) is 4.81. The zero-order chi connectivity index (χ0) is 17.3. The lowest BCUT2D eigenvalue weighted by molar-refractivity contribution is -0.113. The first-order chi connectivity index (χ1) is 11.5. The van der Waals surface area contributed by atoms with Gasteiger partial charge in [0.05, 0.1) is 10.6 Å². The minimum absolute atomic E-state index is 0.283. The van der Waals surface area contributed by atoms with Crippen LogP contribution in [0.25, 0.3) is 6.08 Å². The number of benzene rings is 2. The molecule has 0 atom stereocenters. The second kappa shape index (κ2) is 6.84. The van der Waals surface area contributed by atoms with Crippen LogP contribution in [0.5, 0.6) is 0 Å². The molecule has 2 aromatic carbocycles. The molecule has 0 unspecified atom stereocenters. The van der Waals surface area contributed by atoms with Crippen LogP contribution in [0.15, 0.2) is 53.4 Å². The van der Waals surface area contributed by atoms with Crippen molar-refractivity contribution in [2.45, 2.75) is 0 Å². The zero-order valence-corrected chi connectivity index (χ0v) is 14.4. The number of hydrogen-bond acceptors (Lipinski definition) is 4. The minimum atomic E-state index is -0.607. The monoisotopic (exact) mass is 377 g/mol. The maximum absolute atomic E-state index is 13.0. The summed E-state index contributed by atoms with van der Waals surface area (Å²) in [5.74, 6) is -0.643. The predicted molar refractivity (Wildman–Crippen MR) is 98.7 cm³/mol. The molecule has 3 nitrogen and oxygen atoms in total. The van der Waals surface area contributed by atoms with E-state index in [0.717, 1.165) is 11.8 Å². The van der Waals surface area contributed by atoms with E-state index < -0.39 is 5.24 Å². The summed E-state index contributed by atoms with van der Waals surface area (Å²) < 4.78 is 13.3. The normalized spacial score (nSPS) is 16.1. The number of carbonyl (C=O) groups is 2. The van der Waals surface area contributed by atoms with Gasteiger partial charge in [0.25, 0.3) is 11.1 Å². The van der Waals surface area contributed by atoms with Crippen molar-refractivity contribution < 1.29 is 14.0 Å². The molecule has 2 aromatic rings. The number of thioether (sulfide) groups is 1. The molecule has 0 spiro atoms. The first kappa shape index (κ1) is 16.8. The number of thiocarbonyl (C=S) groups is 1. The fourth-order valence-electron chi connectivity index (χ4n) is 2.17. The lowest BCUT2D eigenvalue weighted by Crippen LogP contribution is -2.27. The number of halogens is 2. The predicted octanol–water partition coefficient (Wildman–Crippen LogP) is 4.61. The molecule has 1 fully saturated rings. The molecule has 1 aliphatic rings. The van der Waals surface area contributed by atoms with E-state index in [0.29, 0.717) is 20.5 Å². The highest BCUT2D eigenvalue weighted by Gasteiger charge is 2.33. The van der Waals surface area contributed by atoms with Crippen LogP contribution in [0.1, 0.15) is 15.9 Å². The molecule has 0 bridgehead atoms. The van der Waals surface area contributed by atoms with E-state index in [2.05, 4.69) is 0 Å². The van der Waals surface area contributed by atoms with Gasteiger partial charge in [0.2, 0.25) is 0 Å². The molecule has 0 N–H and O–H groups in total. The van der Waals surface area contributed by atoms with Crippen LogP contribution < -0.4 is 4.90 Å². The van der Waals surface area contributed by atoms with Crippen LogP contribution in [0.3, 0.4) is 0 Å². The van der Waals surface area contributed by atoms with Crippen LogP contribution >= 0.6 is 35.6 Å². The molecule has 0 aromatic heterocycles. The summed E-state index contributed by atoms with van der Waals surface area (Å²) in [4.78, 5) is 25.7. The largest absolute Gasteiger partial charge is 0.276 e. The lowest BCUT2D eigenvalue weighted by atomic mass is 10.2. The first-order valence-corrected chi connectivity index (χ1v) is 8.39. The Morgan fingerprint density at radius 3 is 2.58 bits per heavy atom. The van der Waals surface area contributed by atoms with E-state index in [1.165, 1.54) is 23.1 Å². The van der Waals surface area contributed by atoms with E-state index in [1.54, 1.807) is 36.4 Å². The van der Waals surface area contributed by atoms with Gasteiger partial charge in [0.1, 0.15) is 5.82 Å². The van der Waals surface area contributed by atoms with Gasteiger partial charge in [-0.3, -0.25) is 14.5 Å². The zero-order valence-electron chi connectivity index (χ0n) is 12.0. The Balaban J connectivity index is 1.93. The van der Waals surface area contributed by atoms with Crippen molar-refractivity contribution in [2.75, 3.05) is 4.90 Å². The lowest BCUT2D eigenvalue weighted by Gasteiger charge is -2.14.